The maximum absolute atomic E-state index is 13.0. The summed E-state index contributed by atoms with van der Waals surface area (Å²) < 4.78 is 0. The zero-order chi connectivity index (χ0) is 17.7. The van der Waals surface area contributed by atoms with Gasteiger partial charge in [0, 0.05) is 35.6 Å². The Bertz CT molecular complexity index is 676. The molecule has 0 saturated carbocycles. The second kappa shape index (κ2) is 8.54. The van der Waals surface area contributed by atoms with Gasteiger partial charge in [-0.15, -0.1) is 0 Å². The lowest BCUT2D eigenvalue weighted by Gasteiger charge is -2.27. The molecular weight excluding hydrogens is 322 g/mol. The Hall–Kier alpha value is -1.52. The van der Waals surface area contributed by atoms with Crippen molar-refractivity contribution in [3.8, 4) is 0 Å². The third kappa shape index (κ3) is 4.74. The molecule has 4 nitrogen and oxygen atoms in total. The van der Waals surface area contributed by atoms with Gasteiger partial charge in [-0.05, 0) is 37.2 Å². The van der Waals surface area contributed by atoms with Crippen LogP contribution in [0.5, 0.6) is 0 Å². The third-order valence-electron chi connectivity index (χ3n) is 4.27. The number of benzene rings is 1. The molecule has 0 aliphatic heterocycles. The maximum Gasteiger partial charge on any atom is 0.270 e. The van der Waals surface area contributed by atoms with E-state index in [9.17, 15) is 4.79 Å². The number of nitrogens with one attached hydrogen (secondary N) is 1. The first-order valence-electron chi connectivity index (χ1n) is 8.74. The Labute approximate surface area is 149 Å². The number of aromatic nitrogens is 1. The lowest BCUT2D eigenvalue weighted by molar-refractivity contribution is 0.0711. The van der Waals surface area contributed by atoms with Crippen molar-refractivity contribution in [2.45, 2.75) is 27.7 Å². The number of halogens is 1. The number of amides is 1. The van der Waals surface area contributed by atoms with Gasteiger partial charge < -0.3 is 14.8 Å². The van der Waals surface area contributed by atoms with Crippen molar-refractivity contribution < 1.29 is 4.79 Å². The zero-order valence-corrected chi connectivity index (χ0v) is 15.9. The Balaban J connectivity index is 2.18. The lowest BCUT2D eigenvalue weighted by atomic mass is 10.2. The van der Waals surface area contributed by atoms with Crippen LogP contribution in [-0.4, -0.2) is 53.4 Å². The van der Waals surface area contributed by atoms with Crippen LogP contribution in [0, 0.1) is 5.92 Å². The largest absolute Gasteiger partial charge is 0.350 e. The highest BCUT2D eigenvalue weighted by Crippen LogP contribution is 2.21. The van der Waals surface area contributed by atoms with E-state index in [1.165, 1.54) is 0 Å². The van der Waals surface area contributed by atoms with Gasteiger partial charge in [-0.3, -0.25) is 4.79 Å². The van der Waals surface area contributed by atoms with E-state index in [4.69, 9.17) is 11.6 Å². The van der Waals surface area contributed by atoms with Crippen LogP contribution in [0.3, 0.4) is 0 Å². The Morgan fingerprint density at radius 3 is 2.50 bits per heavy atom. The average Bonchev–Trinajstić information content (AvgIpc) is 2.96. The van der Waals surface area contributed by atoms with Crippen LogP contribution < -0.4 is 0 Å². The molecule has 1 aromatic heterocycles. The molecule has 24 heavy (non-hydrogen) atoms. The first-order valence-corrected chi connectivity index (χ1v) is 9.12. The molecule has 0 spiro atoms. The first-order chi connectivity index (χ1) is 11.4. The van der Waals surface area contributed by atoms with Crippen molar-refractivity contribution in [2.24, 2.45) is 5.92 Å². The summed E-state index contributed by atoms with van der Waals surface area (Å²) in [5, 5.41) is 1.68. The molecular formula is C19H28ClN3O. The van der Waals surface area contributed by atoms with E-state index in [2.05, 4.69) is 37.6 Å². The number of aromatic amines is 1. The zero-order valence-electron chi connectivity index (χ0n) is 15.1. The smallest absolute Gasteiger partial charge is 0.270 e. The van der Waals surface area contributed by atoms with Crippen molar-refractivity contribution in [3.63, 3.8) is 0 Å². The van der Waals surface area contributed by atoms with Crippen molar-refractivity contribution in [2.75, 3.05) is 32.7 Å². The third-order valence-corrected chi connectivity index (χ3v) is 4.50. The van der Waals surface area contributed by atoms with E-state index < -0.39 is 0 Å². The van der Waals surface area contributed by atoms with E-state index in [1.807, 2.05) is 29.2 Å². The number of nitrogens with zero attached hydrogens (tertiary/aromatic N) is 2. The molecule has 0 aliphatic carbocycles. The highest BCUT2D eigenvalue weighted by atomic mass is 35.5. The summed E-state index contributed by atoms with van der Waals surface area (Å²) in [6.07, 6.45) is 0. The summed E-state index contributed by atoms with van der Waals surface area (Å²) in [4.78, 5) is 20.5. The second-order valence-corrected chi connectivity index (χ2v) is 7.02. The van der Waals surface area contributed by atoms with Crippen LogP contribution in [0.25, 0.3) is 10.9 Å². The minimum atomic E-state index is 0.0585. The fourth-order valence-corrected chi connectivity index (χ4v) is 3.08. The number of hydrogen-bond donors (Lipinski definition) is 1. The number of rotatable bonds is 8. The Kier molecular flexibility index (Phi) is 6.69. The number of carbonyl (C=O) groups is 1. The van der Waals surface area contributed by atoms with E-state index in [0.29, 0.717) is 16.6 Å². The van der Waals surface area contributed by atoms with Crippen molar-refractivity contribution in [1.29, 1.82) is 0 Å². The number of fused-ring (bicyclic) bond motifs is 1. The van der Waals surface area contributed by atoms with Crippen LogP contribution in [-0.2, 0) is 0 Å². The van der Waals surface area contributed by atoms with Gasteiger partial charge in [-0.1, -0.05) is 45.4 Å². The standard InChI is InChI=1S/C19H28ClN3O/c1-5-22(6-2)9-10-23(13-14(3)4)19(24)18-11-15-7-8-16(20)12-17(15)21-18/h7-8,11-12,14,21H,5-6,9-10,13H2,1-4H3. The average molecular weight is 350 g/mol. The molecule has 0 saturated heterocycles. The molecule has 0 aliphatic rings. The van der Waals surface area contributed by atoms with E-state index >= 15 is 0 Å². The normalized spacial score (nSPS) is 11.6. The summed E-state index contributed by atoms with van der Waals surface area (Å²) in [6, 6.07) is 7.56. The molecule has 0 bridgehead atoms. The van der Waals surface area contributed by atoms with Crippen molar-refractivity contribution in [3.05, 3.63) is 35.0 Å². The molecule has 1 N–H and O–H groups in total. The molecule has 0 radical (unpaired) electrons. The molecule has 1 amide bonds. The van der Waals surface area contributed by atoms with Crippen LogP contribution in [0.2, 0.25) is 5.02 Å². The maximum atomic E-state index is 13.0. The predicted molar refractivity (Wildman–Crippen MR) is 102 cm³/mol. The van der Waals surface area contributed by atoms with Crippen LogP contribution in [0.1, 0.15) is 38.2 Å². The predicted octanol–water partition coefficient (Wildman–Crippen LogP) is 4.26. The molecule has 2 rings (SSSR count). The monoisotopic (exact) mass is 349 g/mol. The summed E-state index contributed by atoms with van der Waals surface area (Å²) in [7, 11) is 0. The highest BCUT2D eigenvalue weighted by Gasteiger charge is 2.19. The van der Waals surface area contributed by atoms with E-state index in [0.717, 1.165) is 43.6 Å². The van der Waals surface area contributed by atoms with Gasteiger partial charge in [0.25, 0.3) is 5.91 Å². The van der Waals surface area contributed by atoms with Crippen molar-refractivity contribution >= 4 is 28.4 Å². The van der Waals surface area contributed by atoms with Gasteiger partial charge in [0.15, 0.2) is 0 Å². The first kappa shape index (κ1) is 18.8. The minimum absolute atomic E-state index is 0.0585. The van der Waals surface area contributed by atoms with Crippen LogP contribution in [0.15, 0.2) is 24.3 Å². The molecule has 1 heterocycles. The van der Waals surface area contributed by atoms with Crippen molar-refractivity contribution in [1.82, 2.24) is 14.8 Å². The van der Waals surface area contributed by atoms with Gasteiger partial charge in [-0.25, -0.2) is 0 Å². The second-order valence-electron chi connectivity index (χ2n) is 6.59. The van der Waals surface area contributed by atoms with E-state index in [-0.39, 0.29) is 5.91 Å². The van der Waals surface area contributed by atoms with Gasteiger partial charge >= 0.3 is 0 Å². The molecule has 0 unspecified atom stereocenters. The van der Waals surface area contributed by atoms with Gasteiger partial charge in [0.05, 0.1) is 0 Å². The fraction of sp³-hybridized carbons (Fsp3) is 0.526. The van der Waals surface area contributed by atoms with Gasteiger partial charge in [0.1, 0.15) is 5.69 Å². The Morgan fingerprint density at radius 1 is 1.17 bits per heavy atom. The van der Waals surface area contributed by atoms with Gasteiger partial charge in [-0.2, -0.15) is 0 Å². The number of likely N-dealkylation sites (N-methyl/N-ethyl adjacent to an activating group) is 1. The summed E-state index contributed by atoms with van der Waals surface area (Å²) in [6.45, 7) is 13.0. The minimum Gasteiger partial charge on any atom is -0.350 e. The highest BCUT2D eigenvalue weighted by molar-refractivity contribution is 6.31. The molecule has 1 aromatic carbocycles. The summed E-state index contributed by atoms with van der Waals surface area (Å²) in [5.74, 6) is 0.493. The van der Waals surface area contributed by atoms with Crippen LogP contribution in [0.4, 0.5) is 0 Å². The fourth-order valence-electron chi connectivity index (χ4n) is 2.90. The summed E-state index contributed by atoms with van der Waals surface area (Å²) >= 11 is 6.03. The molecule has 132 valence electrons. The topological polar surface area (TPSA) is 39.3 Å². The molecule has 0 atom stereocenters. The molecule has 5 heteroatoms. The number of carbonyl (C=O) groups excluding carboxylic acids is 1. The van der Waals surface area contributed by atoms with Crippen LogP contribution >= 0.6 is 11.6 Å². The molecule has 0 fully saturated rings. The SMILES string of the molecule is CCN(CC)CCN(CC(C)C)C(=O)c1cc2ccc(Cl)cc2[nH]1. The number of H-pyrrole nitrogens is 1. The number of hydrogen-bond acceptors (Lipinski definition) is 2. The summed E-state index contributed by atoms with van der Waals surface area (Å²) in [5.41, 5.74) is 1.53. The quantitative estimate of drug-likeness (QED) is 0.773. The Morgan fingerprint density at radius 2 is 1.88 bits per heavy atom. The van der Waals surface area contributed by atoms with Gasteiger partial charge in [0.2, 0.25) is 0 Å². The lowest BCUT2D eigenvalue weighted by Crippen LogP contribution is -2.40. The van der Waals surface area contributed by atoms with E-state index in [1.54, 1.807) is 0 Å². The molecule has 2 aromatic rings.